The SMILES string of the molecule is O=C(CCc1ccccc1Cl)NCC(O)c1ccccc1F. The van der Waals surface area contributed by atoms with Gasteiger partial charge in [-0.1, -0.05) is 48.0 Å². The molecule has 0 spiro atoms. The third-order valence-electron chi connectivity index (χ3n) is 3.34. The average Bonchev–Trinajstić information content (AvgIpc) is 2.52. The van der Waals surface area contributed by atoms with Crippen LogP contribution in [-0.4, -0.2) is 17.6 Å². The maximum atomic E-state index is 13.5. The molecule has 2 aromatic rings. The third kappa shape index (κ3) is 4.55. The Balaban J connectivity index is 1.81. The summed E-state index contributed by atoms with van der Waals surface area (Å²) in [6, 6.07) is 13.3. The van der Waals surface area contributed by atoms with Gasteiger partial charge in [-0.2, -0.15) is 0 Å². The fourth-order valence-corrected chi connectivity index (χ4v) is 2.33. The lowest BCUT2D eigenvalue weighted by molar-refractivity contribution is -0.121. The molecular formula is C17H17ClFNO2. The van der Waals surface area contributed by atoms with Crippen molar-refractivity contribution < 1.29 is 14.3 Å². The predicted molar refractivity (Wildman–Crippen MR) is 84.1 cm³/mol. The highest BCUT2D eigenvalue weighted by atomic mass is 35.5. The minimum absolute atomic E-state index is 0.0255. The standard InChI is InChI=1S/C17H17ClFNO2/c18-14-7-3-1-5-12(14)9-10-17(22)20-11-16(21)13-6-2-4-8-15(13)19/h1-8,16,21H,9-11H2,(H,20,22). The zero-order valence-corrected chi connectivity index (χ0v) is 12.7. The first-order chi connectivity index (χ1) is 10.6. The molecule has 2 aromatic carbocycles. The number of halogens is 2. The van der Waals surface area contributed by atoms with E-state index in [2.05, 4.69) is 5.32 Å². The van der Waals surface area contributed by atoms with E-state index >= 15 is 0 Å². The van der Waals surface area contributed by atoms with Crippen LogP contribution in [0.4, 0.5) is 4.39 Å². The monoisotopic (exact) mass is 321 g/mol. The molecule has 116 valence electrons. The summed E-state index contributed by atoms with van der Waals surface area (Å²) >= 11 is 6.02. The number of carbonyl (C=O) groups excluding carboxylic acids is 1. The molecule has 1 unspecified atom stereocenters. The van der Waals surface area contributed by atoms with Crippen LogP contribution < -0.4 is 5.32 Å². The number of rotatable bonds is 6. The first-order valence-electron chi connectivity index (χ1n) is 7.00. The number of amides is 1. The summed E-state index contributed by atoms with van der Waals surface area (Å²) in [5.41, 5.74) is 1.07. The topological polar surface area (TPSA) is 49.3 Å². The molecule has 1 atom stereocenters. The van der Waals surface area contributed by atoms with Crippen molar-refractivity contribution in [2.75, 3.05) is 6.54 Å². The number of aryl methyl sites for hydroxylation is 1. The van der Waals surface area contributed by atoms with Gasteiger partial charge in [-0.15, -0.1) is 0 Å². The fourth-order valence-electron chi connectivity index (χ4n) is 2.10. The van der Waals surface area contributed by atoms with Gasteiger partial charge >= 0.3 is 0 Å². The number of hydrogen-bond donors (Lipinski definition) is 2. The molecule has 0 aromatic heterocycles. The van der Waals surface area contributed by atoms with Gasteiger partial charge in [0.25, 0.3) is 0 Å². The van der Waals surface area contributed by atoms with E-state index in [-0.39, 0.29) is 24.4 Å². The highest BCUT2D eigenvalue weighted by Gasteiger charge is 2.13. The van der Waals surface area contributed by atoms with Crippen molar-refractivity contribution in [3.63, 3.8) is 0 Å². The van der Waals surface area contributed by atoms with E-state index in [0.29, 0.717) is 11.4 Å². The lowest BCUT2D eigenvalue weighted by Crippen LogP contribution is -2.28. The van der Waals surface area contributed by atoms with Crippen LogP contribution in [0.3, 0.4) is 0 Å². The van der Waals surface area contributed by atoms with E-state index in [1.165, 1.54) is 12.1 Å². The summed E-state index contributed by atoms with van der Waals surface area (Å²) < 4.78 is 13.5. The molecule has 1 amide bonds. The number of nitrogens with one attached hydrogen (secondary N) is 1. The fraction of sp³-hybridized carbons (Fsp3) is 0.235. The van der Waals surface area contributed by atoms with Gasteiger partial charge in [-0.25, -0.2) is 4.39 Å². The van der Waals surface area contributed by atoms with Crippen LogP contribution in [0.25, 0.3) is 0 Å². The van der Waals surface area contributed by atoms with Gasteiger partial charge in [0.15, 0.2) is 0 Å². The quantitative estimate of drug-likeness (QED) is 0.858. The second-order valence-corrected chi connectivity index (χ2v) is 5.34. The molecule has 0 aliphatic carbocycles. The van der Waals surface area contributed by atoms with E-state index < -0.39 is 11.9 Å². The lowest BCUT2D eigenvalue weighted by atomic mass is 10.1. The first kappa shape index (κ1) is 16.5. The zero-order valence-electron chi connectivity index (χ0n) is 11.9. The Bertz CT molecular complexity index is 648. The van der Waals surface area contributed by atoms with Gasteiger partial charge in [0.05, 0.1) is 6.10 Å². The Labute approximate surface area is 133 Å². The van der Waals surface area contributed by atoms with Crippen molar-refractivity contribution in [2.45, 2.75) is 18.9 Å². The zero-order chi connectivity index (χ0) is 15.9. The number of aliphatic hydroxyl groups is 1. The molecule has 0 radical (unpaired) electrons. The van der Waals surface area contributed by atoms with Crippen LogP contribution in [0, 0.1) is 5.82 Å². The first-order valence-corrected chi connectivity index (χ1v) is 7.38. The van der Waals surface area contributed by atoms with E-state index in [1.807, 2.05) is 18.2 Å². The predicted octanol–water partition coefficient (Wildman–Crippen LogP) is 3.26. The second-order valence-electron chi connectivity index (χ2n) is 4.93. The summed E-state index contributed by atoms with van der Waals surface area (Å²) in [5.74, 6) is -0.698. The maximum absolute atomic E-state index is 13.5. The highest BCUT2D eigenvalue weighted by molar-refractivity contribution is 6.31. The normalized spacial score (nSPS) is 12.0. The summed E-state index contributed by atoms with van der Waals surface area (Å²) in [6.45, 7) is -0.0255. The van der Waals surface area contributed by atoms with Crippen LogP contribution in [0.15, 0.2) is 48.5 Å². The van der Waals surface area contributed by atoms with Gasteiger partial charge in [-0.3, -0.25) is 4.79 Å². The number of benzene rings is 2. The van der Waals surface area contributed by atoms with E-state index in [0.717, 1.165) is 5.56 Å². The van der Waals surface area contributed by atoms with Crippen molar-refractivity contribution >= 4 is 17.5 Å². The molecule has 0 saturated carbocycles. The van der Waals surface area contributed by atoms with Gasteiger partial charge in [0.2, 0.25) is 5.91 Å². The third-order valence-corrected chi connectivity index (χ3v) is 3.70. The molecule has 2 rings (SSSR count). The molecule has 0 saturated heterocycles. The van der Waals surface area contributed by atoms with E-state index in [1.54, 1.807) is 18.2 Å². The molecule has 0 fully saturated rings. The number of carbonyl (C=O) groups is 1. The number of hydrogen-bond acceptors (Lipinski definition) is 2. The molecule has 0 heterocycles. The Morgan fingerprint density at radius 1 is 1.18 bits per heavy atom. The van der Waals surface area contributed by atoms with Crippen molar-refractivity contribution in [1.82, 2.24) is 5.32 Å². The van der Waals surface area contributed by atoms with Gasteiger partial charge in [-0.05, 0) is 24.1 Å². The Morgan fingerprint density at radius 3 is 2.59 bits per heavy atom. The van der Waals surface area contributed by atoms with Gasteiger partial charge < -0.3 is 10.4 Å². The minimum atomic E-state index is -1.06. The minimum Gasteiger partial charge on any atom is -0.386 e. The summed E-state index contributed by atoms with van der Waals surface area (Å²) in [4.78, 5) is 11.8. The molecule has 5 heteroatoms. The second kappa shape index (κ2) is 7.92. The number of aliphatic hydroxyl groups excluding tert-OH is 1. The van der Waals surface area contributed by atoms with Crippen LogP contribution in [-0.2, 0) is 11.2 Å². The Kier molecular flexibility index (Phi) is 5.92. The van der Waals surface area contributed by atoms with Crippen molar-refractivity contribution in [1.29, 1.82) is 0 Å². The van der Waals surface area contributed by atoms with Crippen LogP contribution in [0.1, 0.15) is 23.7 Å². The Morgan fingerprint density at radius 2 is 1.86 bits per heavy atom. The summed E-state index contributed by atoms with van der Waals surface area (Å²) in [6.07, 6.45) is -0.292. The molecule has 3 nitrogen and oxygen atoms in total. The molecular weight excluding hydrogens is 305 g/mol. The van der Waals surface area contributed by atoms with E-state index in [4.69, 9.17) is 11.6 Å². The lowest BCUT2D eigenvalue weighted by Gasteiger charge is -2.13. The van der Waals surface area contributed by atoms with E-state index in [9.17, 15) is 14.3 Å². The van der Waals surface area contributed by atoms with Crippen LogP contribution >= 0.6 is 11.6 Å². The van der Waals surface area contributed by atoms with Crippen molar-refractivity contribution in [3.05, 3.63) is 70.5 Å². The summed E-state index contributed by atoms with van der Waals surface area (Å²) in [5, 5.41) is 13.1. The van der Waals surface area contributed by atoms with Gasteiger partial charge in [0.1, 0.15) is 5.82 Å². The molecule has 0 bridgehead atoms. The highest BCUT2D eigenvalue weighted by Crippen LogP contribution is 2.17. The van der Waals surface area contributed by atoms with Crippen molar-refractivity contribution in [2.24, 2.45) is 0 Å². The smallest absolute Gasteiger partial charge is 0.220 e. The molecule has 0 aliphatic heterocycles. The largest absolute Gasteiger partial charge is 0.386 e. The Hall–Kier alpha value is -1.91. The van der Waals surface area contributed by atoms with Crippen LogP contribution in [0.5, 0.6) is 0 Å². The summed E-state index contributed by atoms with van der Waals surface area (Å²) in [7, 11) is 0. The molecule has 22 heavy (non-hydrogen) atoms. The van der Waals surface area contributed by atoms with Crippen LogP contribution in [0.2, 0.25) is 5.02 Å². The average molecular weight is 322 g/mol. The maximum Gasteiger partial charge on any atom is 0.220 e. The molecule has 2 N–H and O–H groups in total. The molecule has 0 aliphatic rings. The van der Waals surface area contributed by atoms with Crippen molar-refractivity contribution in [3.8, 4) is 0 Å². The van der Waals surface area contributed by atoms with Gasteiger partial charge in [0, 0.05) is 23.6 Å².